The summed E-state index contributed by atoms with van der Waals surface area (Å²) in [5, 5.41) is 12.8. The Morgan fingerprint density at radius 2 is 2.00 bits per heavy atom. The van der Waals surface area contributed by atoms with E-state index in [-0.39, 0.29) is 18.1 Å². The van der Waals surface area contributed by atoms with Gasteiger partial charge in [-0.3, -0.25) is 4.79 Å². The fraction of sp³-hybridized carbons (Fsp3) is 0.0714. The van der Waals surface area contributed by atoms with E-state index in [2.05, 4.69) is 5.32 Å². The fourth-order valence-corrected chi connectivity index (χ4v) is 1.86. The number of aromatic hydroxyl groups is 1. The predicted octanol–water partition coefficient (Wildman–Crippen LogP) is 2.81. The van der Waals surface area contributed by atoms with Gasteiger partial charge >= 0.3 is 0 Å². The molecule has 0 atom stereocenters. The highest BCUT2D eigenvalue weighted by atomic mass is 35.5. The van der Waals surface area contributed by atoms with Crippen LogP contribution in [0.2, 0.25) is 5.02 Å². The van der Waals surface area contributed by atoms with E-state index in [4.69, 9.17) is 17.3 Å². The lowest BCUT2D eigenvalue weighted by Crippen LogP contribution is -2.15. The third-order valence-corrected chi connectivity index (χ3v) is 2.87. The van der Waals surface area contributed by atoms with Gasteiger partial charge in [0.05, 0.1) is 17.8 Å². The Morgan fingerprint density at radius 1 is 1.26 bits per heavy atom. The van der Waals surface area contributed by atoms with Crippen molar-refractivity contribution in [2.45, 2.75) is 6.42 Å². The number of hydrogen-bond donors (Lipinski definition) is 3. The third-order valence-electron chi connectivity index (χ3n) is 2.63. The van der Waals surface area contributed by atoms with Crippen LogP contribution in [0.4, 0.5) is 11.4 Å². The van der Waals surface area contributed by atoms with Crippen molar-refractivity contribution in [2.75, 3.05) is 11.1 Å². The maximum absolute atomic E-state index is 11.9. The van der Waals surface area contributed by atoms with Crippen molar-refractivity contribution in [3.63, 3.8) is 0 Å². The van der Waals surface area contributed by atoms with Gasteiger partial charge < -0.3 is 16.2 Å². The highest BCUT2D eigenvalue weighted by Crippen LogP contribution is 2.23. The number of nitrogens with two attached hydrogens (primary N) is 1. The van der Waals surface area contributed by atoms with E-state index >= 15 is 0 Å². The topological polar surface area (TPSA) is 75.3 Å². The average molecular weight is 277 g/mol. The molecule has 2 rings (SSSR count). The molecule has 2 aromatic rings. The van der Waals surface area contributed by atoms with E-state index in [1.165, 1.54) is 0 Å². The van der Waals surface area contributed by atoms with Gasteiger partial charge in [-0.15, -0.1) is 0 Å². The molecule has 0 unspecified atom stereocenters. The lowest BCUT2D eigenvalue weighted by Gasteiger charge is -2.09. The Balaban J connectivity index is 2.08. The largest absolute Gasteiger partial charge is 0.508 e. The second-order valence-electron chi connectivity index (χ2n) is 4.09. The molecule has 0 fully saturated rings. The van der Waals surface area contributed by atoms with Gasteiger partial charge in [0.2, 0.25) is 5.91 Å². The van der Waals surface area contributed by atoms with Crippen LogP contribution in [0.5, 0.6) is 5.75 Å². The second-order valence-corrected chi connectivity index (χ2v) is 4.52. The standard InChI is InChI=1S/C14H13ClN2O2/c15-10-5-6-12(11(16)8-10)17-14(19)7-9-3-1-2-4-13(9)18/h1-6,8,18H,7,16H2,(H,17,19). The fourth-order valence-electron chi connectivity index (χ4n) is 1.68. The Morgan fingerprint density at radius 3 is 2.68 bits per heavy atom. The average Bonchev–Trinajstić information content (AvgIpc) is 2.36. The van der Waals surface area contributed by atoms with Crippen LogP contribution in [-0.2, 0) is 11.2 Å². The highest BCUT2D eigenvalue weighted by Gasteiger charge is 2.09. The molecule has 4 N–H and O–H groups in total. The number of para-hydroxylation sites is 1. The summed E-state index contributed by atoms with van der Waals surface area (Å²) in [6.45, 7) is 0. The number of phenols is 1. The van der Waals surface area contributed by atoms with Gasteiger partial charge in [-0.05, 0) is 24.3 Å². The number of anilines is 2. The maximum atomic E-state index is 11.9. The van der Waals surface area contributed by atoms with E-state index < -0.39 is 0 Å². The zero-order chi connectivity index (χ0) is 13.8. The van der Waals surface area contributed by atoms with Crippen LogP contribution in [0.1, 0.15) is 5.56 Å². The summed E-state index contributed by atoms with van der Waals surface area (Å²) >= 11 is 5.78. The molecule has 0 aliphatic heterocycles. The van der Waals surface area contributed by atoms with Gasteiger partial charge in [0.1, 0.15) is 5.75 Å². The molecule has 0 radical (unpaired) electrons. The Labute approximate surface area is 115 Å². The van der Waals surface area contributed by atoms with Gasteiger partial charge in [0, 0.05) is 10.6 Å². The van der Waals surface area contributed by atoms with Crippen molar-refractivity contribution in [3.8, 4) is 5.75 Å². The summed E-state index contributed by atoms with van der Waals surface area (Å²) in [6, 6.07) is 11.6. The van der Waals surface area contributed by atoms with Crippen molar-refractivity contribution in [3.05, 3.63) is 53.1 Å². The minimum Gasteiger partial charge on any atom is -0.508 e. The van der Waals surface area contributed by atoms with E-state index in [9.17, 15) is 9.90 Å². The zero-order valence-electron chi connectivity index (χ0n) is 10.1. The first-order valence-electron chi connectivity index (χ1n) is 5.68. The summed E-state index contributed by atoms with van der Waals surface area (Å²) in [7, 11) is 0. The summed E-state index contributed by atoms with van der Waals surface area (Å²) < 4.78 is 0. The van der Waals surface area contributed by atoms with E-state index in [1.807, 2.05) is 0 Å². The first kappa shape index (κ1) is 13.2. The molecule has 0 saturated heterocycles. The van der Waals surface area contributed by atoms with Crippen molar-refractivity contribution in [1.29, 1.82) is 0 Å². The highest BCUT2D eigenvalue weighted by molar-refractivity contribution is 6.31. The van der Waals surface area contributed by atoms with Crippen molar-refractivity contribution < 1.29 is 9.90 Å². The van der Waals surface area contributed by atoms with E-state index in [0.717, 1.165) is 0 Å². The molecule has 0 heterocycles. The summed E-state index contributed by atoms with van der Waals surface area (Å²) in [4.78, 5) is 11.9. The van der Waals surface area contributed by atoms with Crippen LogP contribution in [0.3, 0.4) is 0 Å². The number of halogens is 1. The van der Waals surface area contributed by atoms with E-state index in [0.29, 0.717) is 22.0 Å². The predicted molar refractivity (Wildman–Crippen MR) is 76.3 cm³/mol. The minimum absolute atomic E-state index is 0.0781. The lowest BCUT2D eigenvalue weighted by molar-refractivity contribution is -0.115. The quantitative estimate of drug-likeness (QED) is 0.755. The molecular formula is C14H13ClN2O2. The number of carbonyl (C=O) groups excluding carboxylic acids is 1. The molecule has 0 aromatic heterocycles. The van der Waals surface area contributed by atoms with Crippen LogP contribution >= 0.6 is 11.6 Å². The van der Waals surface area contributed by atoms with Crippen molar-refractivity contribution >= 4 is 28.9 Å². The van der Waals surface area contributed by atoms with Crippen molar-refractivity contribution in [1.82, 2.24) is 0 Å². The van der Waals surface area contributed by atoms with Gasteiger partial charge in [-0.1, -0.05) is 29.8 Å². The summed E-state index contributed by atoms with van der Waals surface area (Å²) in [6.07, 6.45) is 0.0781. The molecule has 1 amide bonds. The SMILES string of the molecule is Nc1cc(Cl)ccc1NC(=O)Cc1ccccc1O. The number of nitrogen functional groups attached to an aromatic ring is 1. The van der Waals surface area contributed by atoms with Gasteiger partial charge in [-0.25, -0.2) is 0 Å². The smallest absolute Gasteiger partial charge is 0.228 e. The van der Waals surface area contributed by atoms with Crippen molar-refractivity contribution in [2.24, 2.45) is 0 Å². The molecule has 4 nitrogen and oxygen atoms in total. The summed E-state index contributed by atoms with van der Waals surface area (Å²) in [5.74, 6) is -0.155. The number of phenolic OH excluding ortho intramolecular Hbond substituents is 1. The maximum Gasteiger partial charge on any atom is 0.228 e. The normalized spacial score (nSPS) is 10.2. The van der Waals surface area contributed by atoms with Crippen LogP contribution in [0.15, 0.2) is 42.5 Å². The molecule has 0 aliphatic carbocycles. The van der Waals surface area contributed by atoms with Gasteiger partial charge in [0.15, 0.2) is 0 Å². The Kier molecular flexibility index (Phi) is 3.92. The van der Waals surface area contributed by atoms with Crippen LogP contribution < -0.4 is 11.1 Å². The lowest BCUT2D eigenvalue weighted by atomic mass is 10.1. The monoisotopic (exact) mass is 276 g/mol. The van der Waals surface area contributed by atoms with Crippen LogP contribution in [-0.4, -0.2) is 11.0 Å². The third kappa shape index (κ3) is 3.39. The first-order valence-corrected chi connectivity index (χ1v) is 6.06. The number of amides is 1. The molecule has 0 bridgehead atoms. The molecule has 0 saturated carbocycles. The van der Waals surface area contributed by atoms with Crippen LogP contribution in [0, 0.1) is 0 Å². The van der Waals surface area contributed by atoms with E-state index in [1.54, 1.807) is 42.5 Å². The van der Waals surface area contributed by atoms with Gasteiger partial charge in [0.25, 0.3) is 0 Å². The number of carbonyl (C=O) groups is 1. The molecule has 0 spiro atoms. The number of hydrogen-bond acceptors (Lipinski definition) is 3. The molecule has 19 heavy (non-hydrogen) atoms. The first-order chi connectivity index (χ1) is 9.06. The minimum atomic E-state index is -0.254. The number of rotatable bonds is 3. The Bertz CT molecular complexity index is 614. The zero-order valence-corrected chi connectivity index (χ0v) is 10.8. The molecule has 2 aromatic carbocycles. The number of benzene rings is 2. The van der Waals surface area contributed by atoms with Crippen LogP contribution in [0.25, 0.3) is 0 Å². The molecule has 0 aliphatic rings. The Hall–Kier alpha value is -2.20. The second kappa shape index (κ2) is 5.63. The molecule has 5 heteroatoms. The summed E-state index contributed by atoms with van der Waals surface area (Å²) in [5.41, 5.74) is 7.21. The number of nitrogens with one attached hydrogen (secondary N) is 1. The molecular weight excluding hydrogens is 264 g/mol. The molecule has 98 valence electrons. The van der Waals surface area contributed by atoms with Gasteiger partial charge in [-0.2, -0.15) is 0 Å².